The first kappa shape index (κ1) is 22.9. The minimum atomic E-state index is -5.44. The summed E-state index contributed by atoms with van der Waals surface area (Å²) >= 11 is 0. The van der Waals surface area contributed by atoms with E-state index in [1.54, 1.807) is 6.92 Å². The Morgan fingerprint density at radius 1 is 1.16 bits per heavy atom. The maximum absolute atomic E-state index is 13.9. The predicted octanol–water partition coefficient (Wildman–Crippen LogP) is 2.96. The number of methoxy groups -OCH3 is 1. The summed E-state index contributed by atoms with van der Waals surface area (Å²) in [6.07, 6.45) is -5.44. The number of phenols is 1. The highest BCUT2D eigenvalue weighted by molar-refractivity contribution is 6.16. The highest BCUT2D eigenvalue weighted by Crippen LogP contribution is 2.41. The van der Waals surface area contributed by atoms with Crippen LogP contribution < -0.4 is 20.1 Å². The van der Waals surface area contributed by atoms with Crippen LogP contribution in [0.1, 0.15) is 22.8 Å². The first-order valence-corrected chi connectivity index (χ1v) is 9.29. The summed E-state index contributed by atoms with van der Waals surface area (Å²) in [4.78, 5) is 25.2. The monoisotopic (exact) mass is 452 g/mol. The molecule has 4 N–H and O–H groups in total. The number of aliphatic hydroxyl groups is 1. The van der Waals surface area contributed by atoms with Gasteiger partial charge in [-0.15, -0.1) is 0 Å². The molecule has 0 saturated heterocycles. The van der Waals surface area contributed by atoms with Crippen LogP contribution >= 0.6 is 0 Å². The molecule has 1 atom stereocenters. The van der Waals surface area contributed by atoms with Gasteiger partial charge >= 0.3 is 12.2 Å². The van der Waals surface area contributed by atoms with Crippen molar-refractivity contribution < 1.29 is 42.4 Å². The van der Waals surface area contributed by atoms with Crippen LogP contribution in [-0.2, 0) is 0 Å². The number of benzene rings is 2. The van der Waals surface area contributed by atoms with Gasteiger partial charge in [-0.05, 0) is 49.4 Å². The maximum atomic E-state index is 13.9. The van der Waals surface area contributed by atoms with Crippen LogP contribution in [0.5, 0.6) is 17.2 Å². The van der Waals surface area contributed by atoms with E-state index in [1.165, 1.54) is 42.8 Å². The van der Waals surface area contributed by atoms with Crippen molar-refractivity contribution >= 4 is 17.5 Å². The molecule has 11 heteroatoms. The minimum Gasteiger partial charge on any atom is -0.504 e. The SMILES string of the molecule is CCOc1cc(C2=C(C(=O)c3ccc(OC)cc3)C(O)(C(F)(F)F)NC(=O)N2)ccc1O. The Balaban J connectivity index is 2.28. The van der Waals surface area contributed by atoms with Crippen LogP contribution in [0.25, 0.3) is 5.70 Å². The number of ether oxygens (including phenoxy) is 2. The Hall–Kier alpha value is -3.73. The molecular weight excluding hydrogens is 433 g/mol. The van der Waals surface area contributed by atoms with Gasteiger partial charge in [-0.3, -0.25) is 10.1 Å². The highest BCUT2D eigenvalue weighted by atomic mass is 19.4. The number of phenolic OH excluding ortho intramolecular Hbond substituents is 1. The summed E-state index contributed by atoms with van der Waals surface area (Å²) in [5.74, 6) is -1.22. The van der Waals surface area contributed by atoms with Crippen molar-refractivity contribution in [1.82, 2.24) is 10.6 Å². The second-order valence-electron chi connectivity index (χ2n) is 6.71. The van der Waals surface area contributed by atoms with Crippen molar-refractivity contribution in [2.45, 2.75) is 18.8 Å². The number of hydrogen-bond donors (Lipinski definition) is 4. The van der Waals surface area contributed by atoms with E-state index in [1.807, 2.05) is 0 Å². The summed E-state index contributed by atoms with van der Waals surface area (Å²) in [5, 5.41) is 24.0. The molecule has 0 aliphatic carbocycles. The van der Waals surface area contributed by atoms with Gasteiger partial charge in [0, 0.05) is 11.1 Å². The van der Waals surface area contributed by atoms with Gasteiger partial charge < -0.3 is 25.0 Å². The van der Waals surface area contributed by atoms with Crippen LogP contribution in [0.4, 0.5) is 18.0 Å². The van der Waals surface area contributed by atoms with Gasteiger partial charge in [0.2, 0.25) is 0 Å². The van der Waals surface area contributed by atoms with Crippen molar-refractivity contribution in [1.29, 1.82) is 0 Å². The molecule has 2 aromatic carbocycles. The number of urea groups is 1. The van der Waals surface area contributed by atoms with Crippen molar-refractivity contribution in [3.8, 4) is 17.2 Å². The highest BCUT2D eigenvalue weighted by Gasteiger charge is 2.62. The lowest BCUT2D eigenvalue weighted by Crippen LogP contribution is -2.66. The quantitative estimate of drug-likeness (QED) is 0.501. The number of ketones is 1. The van der Waals surface area contributed by atoms with Gasteiger partial charge in [0.1, 0.15) is 5.75 Å². The standard InChI is InChI=1S/C21H19F3N2O6/c1-3-32-15-10-12(6-9-14(15)27)17-16(18(28)11-4-7-13(31-2)8-5-11)20(30,21(22,23)24)26-19(29)25-17/h4-10,27,30H,3H2,1-2H3,(H2,25,26,29). The fourth-order valence-corrected chi connectivity index (χ4v) is 3.15. The molecule has 0 spiro atoms. The van der Waals surface area contributed by atoms with Gasteiger partial charge in [-0.2, -0.15) is 13.2 Å². The van der Waals surface area contributed by atoms with Crippen molar-refractivity contribution in [3.63, 3.8) is 0 Å². The first-order chi connectivity index (χ1) is 15.0. The third-order valence-electron chi connectivity index (χ3n) is 4.68. The van der Waals surface area contributed by atoms with Crippen LogP contribution in [0.3, 0.4) is 0 Å². The number of halogens is 3. The Morgan fingerprint density at radius 3 is 2.38 bits per heavy atom. The summed E-state index contributed by atoms with van der Waals surface area (Å²) in [6.45, 7) is 1.76. The number of aromatic hydroxyl groups is 1. The van der Waals surface area contributed by atoms with E-state index in [0.29, 0.717) is 5.75 Å². The van der Waals surface area contributed by atoms with Gasteiger partial charge in [0.25, 0.3) is 5.72 Å². The van der Waals surface area contributed by atoms with Gasteiger partial charge in [0.05, 0.1) is 25.0 Å². The van der Waals surface area contributed by atoms with Crippen molar-refractivity contribution in [2.24, 2.45) is 0 Å². The van der Waals surface area contributed by atoms with E-state index >= 15 is 0 Å². The van der Waals surface area contributed by atoms with Crippen LogP contribution in [0, 0.1) is 0 Å². The number of alkyl halides is 3. The fraction of sp³-hybridized carbons (Fsp3) is 0.238. The van der Waals surface area contributed by atoms with Crippen molar-refractivity contribution in [3.05, 3.63) is 59.2 Å². The molecule has 1 aliphatic rings. The maximum Gasteiger partial charge on any atom is 0.441 e. The molecule has 1 unspecified atom stereocenters. The predicted molar refractivity (Wildman–Crippen MR) is 106 cm³/mol. The number of carbonyl (C=O) groups is 2. The molecule has 8 nitrogen and oxygen atoms in total. The summed E-state index contributed by atoms with van der Waals surface area (Å²) < 4.78 is 52.0. The van der Waals surface area contributed by atoms with Gasteiger partial charge in [-0.1, -0.05) is 0 Å². The molecule has 2 amide bonds. The third-order valence-corrected chi connectivity index (χ3v) is 4.68. The zero-order valence-electron chi connectivity index (χ0n) is 16.9. The lowest BCUT2D eigenvalue weighted by Gasteiger charge is -2.37. The molecule has 3 rings (SSSR count). The number of rotatable bonds is 6. The largest absolute Gasteiger partial charge is 0.504 e. The second-order valence-corrected chi connectivity index (χ2v) is 6.71. The number of hydrogen-bond acceptors (Lipinski definition) is 6. The molecule has 0 aromatic heterocycles. The average Bonchev–Trinajstić information content (AvgIpc) is 2.74. The fourth-order valence-electron chi connectivity index (χ4n) is 3.15. The van der Waals surface area contributed by atoms with E-state index in [0.717, 1.165) is 12.1 Å². The van der Waals surface area contributed by atoms with Gasteiger partial charge in [-0.25, -0.2) is 4.79 Å². The van der Waals surface area contributed by atoms with Crippen LogP contribution in [-0.4, -0.2) is 47.6 Å². The molecule has 32 heavy (non-hydrogen) atoms. The number of nitrogens with one attached hydrogen (secondary N) is 2. The molecular formula is C21H19F3N2O6. The first-order valence-electron chi connectivity index (χ1n) is 9.29. The topological polar surface area (TPSA) is 117 Å². The lowest BCUT2D eigenvalue weighted by atomic mass is 9.88. The third kappa shape index (κ3) is 4.06. The number of carbonyl (C=O) groups excluding carboxylic acids is 2. The van der Waals surface area contributed by atoms with Crippen LogP contribution in [0.2, 0.25) is 0 Å². The molecule has 1 heterocycles. The molecule has 170 valence electrons. The molecule has 0 bridgehead atoms. The molecule has 0 saturated carbocycles. The Labute approximate surface area is 180 Å². The summed E-state index contributed by atoms with van der Waals surface area (Å²) in [6, 6.07) is 7.25. The zero-order chi connectivity index (χ0) is 23.7. The van der Waals surface area contributed by atoms with Crippen molar-refractivity contribution in [2.75, 3.05) is 13.7 Å². The normalized spacial score (nSPS) is 18.6. The molecule has 2 aromatic rings. The summed E-state index contributed by atoms with van der Waals surface area (Å²) in [7, 11) is 1.38. The minimum absolute atomic E-state index is 0.0860. The number of Topliss-reactive ketones (excluding diaryl/α,β-unsaturated/α-hetero) is 1. The van der Waals surface area contributed by atoms with Gasteiger partial charge in [0.15, 0.2) is 17.3 Å². The average molecular weight is 452 g/mol. The Bertz CT molecular complexity index is 1080. The summed E-state index contributed by atoms with van der Waals surface area (Å²) in [5.41, 5.74) is -6.01. The smallest absolute Gasteiger partial charge is 0.441 e. The second kappa shape index (κ2) is 8.42. The zero-order valence-corrected chi connectivity index (χ0v) is 16.9. The molecule has 0 radical (unpaired) electrons. The van der Waals surface area contributed by atoms with E-state index < -0.39 is 35.0 Å². The van der Waals surface area contributed by atoms with E-state index in [9.17, 15) is 33.0 Å². The van der Waals surface area contributed by atoms with E-state index in [-0.39, 0.29) is 29.2 Å². The van der Waals surface area contributed by atoms with Crippen LogP contribution in [0.15, 0.2) is 48.0 Å². The molecule has 1 aliphatic heterocycles. The van der Waals surface area contributed by atoms with E-state index in [2.05, 4.69) is 5.32 Å². The Kier molecular flexibility index (Phi) is 6.04. The number of amides is 2. The molecule has 0 fully saturated rings. The Morgan fingerprint density at radius 2 is 1.81 bits per heavy atom. The van der Waals surface area contributed by atoms with E-state index in [4.69, 9.17) is 9.47 Å². The lowest BCUT2D eigenvalue weighted by molar-refractivity contribution is -0.250.